The summed E-state index contributed by atoms with van der Waals surface area (Å²) in [5, 5.41) is 0. The second kappa shape index (κ2) is 5.18. The largest absolute Gasteiger partial charge is 0.398 e. The highest BCUT2D eigenvalue weighted by molar-refractivity contribution is 7.89. The van der Waals surface area contributed by atoms with Crippen molar-refractivity contribution >= 4 is 21.6 Å². The lowest BCUT2D eigenvalue weighted by Gasteiger charge is -2.21. The van der Waals surface area contributed by atoms with Crippen molar-refractivity contribution in [3.63, 3.8) is 0 Å². The summed E-state index contributed by atoms with van der Waals surface area (Å²) in [4.78, 5) is 11.3. The molecule has 1 amide bonds. The maximum atomic E-state index is 12.2. The van der Waals surface area contributed by atoms with E-state index >= 15 is 0 Å². The fourth-order valence-corrected chi connectivity index (χ4v) is 2.85. The van der Waals surface area contributed by atoms with E-state index in [1.165, 1.54) is 6.07 Å². The number of carbonyl (C=O) groups is 1. The van der Waals surface area contributed by atoms with Crippen LogP contribution in [-0.4, -0.2) is 20.9 Å². The molecule has 1 aromatic rings. The monoisotopic (exact) mass is 285 g/mol. The first-order valence-electron chi connectivity index (χ1n) is 5.72. The Balaban J connectivity index is 3.01. The first kappa shape index (κ1) is 15.5. The molecule has 0 fully saturated rings. The number of nitrogens with two attached hydrogens (primary N) is 2. The van der Waals surface area contributed by atoms with Crippen molar-refractivity contribution in [3.8, 4) is 0 Å². The van der Waals surface area contributed by atoms with E-state index in [9.17, 15) is 13.2 Å². The van der Waals surface area contributed by atoms with Gasteiger partial charge in [-0.1, -0.05) is 6.07 Å². The Kier molecular flexibility index (Phi) is 4.21. The molecule has 0 bridgehead atoms. The van der Waals surface area contributed by atoms with E-state index in [1.807, 2.05) is 0 Å². The van der Waals surface area contributed by atoms with Crippen LogP contribution in [0, 0.1) is 12.3 Å². The van der Waals surface area contributed by atoms with E-state index in [0.29, 0.717) is 11.3 Å². The lowest BCUT2D eigenvalue weighted by Crippen LogP contribution is -2.42. The van der Waals surface area contributed by atoms with Crippen LogP contribution in [0.5, 0.6) is 0 Å². The van der Waals surface area contributed by atoms with Gasteiger partial charge in [0.25, 0.3) is 0 Å². The Morgan fingerprint density at radius 3 is 2.47 bits per heavy atom. The molecule has 0 saturated carbocycles. The van der Waals surface area contributed by atoms with Gasteiger partial charge >= 0.3 is 0 Å². The van der Waals surface area contributed by atoms with Crippen LogP contribution in [-0.2, 0) is 14.8 Å². The van der Waals surface area contributed by atoms with E-state index < -0.39 is 21.3 Å². The molecular formula is C12H19N3O3S. The minimum Gasteiger partial charge on any atom is -0.398 e. The third kappa shape index (κ3) is 3.45. The number of hydrogen-bond acceptors (Lipinski definition) is 4. The van der Waals surface area contributed by atoms with Gasteiger partial charge in [0, 0.05) is 12.2 Å². The van der Waals surface area contributed by atoms with Crippen LogP contribution in [0.4, 0.5) is 5.69 Å². The number of primary amides is 1. The van der Waals surface area contributed by atoms with Crippen LogP contribution in [0.2, 0.25) is 0 Å². The molecule has 5 N–H and O–H groups in total. The van der Waals surface area contributed by atoms with Crippen LogP contribution in [0.15, 0.2) is 23.1 Å². The van der Waals surface area contributed by atoms with E-state index in [4.69, 9.17) is 11.5 Å². The number of nitrogen functional groups attached to an aromatic ring is 1. The second-order valence-electron chi connectivity index (χ2n) is 5.04. The molecule has 1 aromatic carbocycles. The highest BCUT2D eigenvalue weighted by atomic mass is 32.2. The van der Waals surface area contributed by atoms with E-state index in [0.717, 1.165) is 0 Å². The molecule has 0 heterocycles. The zero-order chi connectivity index (χ0) is 14.8. The molecule has 19 heavy (non-hydrogen) atoms. The zero-order valence-corrected chi connectivity index (χ0v) is 12.0. The number of anilines is 1. The smallest absolute Gasteiger partial charge is 0.240 e. The topological polar surface area (TPSA) is 115 Å². The predicted molar refractivity (Wildman–Crippen MR) is 73.8 cm³/mol. The van der Waals surface area contributed by atoms with Crippen molar-refractivity contribution in [3.05, 3.63) is 23.8 Å². The minimum atomic E-state index is -3.72. The summed E-state index contributed by atoms with van der Waals surface area (Å²) in [7, 11) is -3.72. The minimum absolute atomic E-state index is 0.0705. The standard InChI is InChI=1S/C12H19N3O3S/c1-8-9(13)5-4-6-10(8)19(17,18)15-7-12(2,3)11(14)16/h4-6,15H,7,13H2,1-3H3,(H2,14,16). The van der Waals surface area contributed by atoms with Crippen LogP contribution >= 0.6 is 0 Å². The number of amides is 1. The van der Waals surface area contributed by atoms with Crippen molar-refractivity contribution in [2.24, 2.45) is 11.1 Å². The first-order chi connectivity index (χ1) is 8.58. The van der Waals surface area contributed by atoms with Crippen LogP contribution < -0.4 is 16.2 Å². The van der Waals surface area contributed by atoms with Gasteiger partial charge in [0.1, 0.15) is 0 Å². The number of rotatable bonds is 5. The maximum absolute atomic E-state index is 12.2. The molecule has 1 rings (SSSR count). The van der Waals surface area contributed by atoms with Crippen molar-refractivity contribution in [1.82, 2.24) is 4.72 Å². The number of carbonyl (C=O) groups excluding carboxylic acids is 1. The first-order valence-corrected chi connectivity index (χ1v) is 7.21. The fraction of sp³-hybridized carbons (Fsp3) is 0.417. The van der Waals surface area contributed by atoms with Gasteiger partial charge in [0.05, 0.1) is 10.3 Å². The van der Waals surface area contributed by atoms with Gasteiger partial charge in [0.2, 0.25) is 15.9 Å². The predicted octanol–water partition coefficient (Wildman–Crippen LogP) is 0.367. The molecule has 7 heteroatoms. The summed E-state index contributed by atoms with van der Waals surface area (Å²) in [6.07, 6.45) is 0. The normalized spacial score (nSPS) is 12.4. The summed E-state index contributed by atoms with van der Waals surface area (Å²) in [5.41, 5.74) is 10.8. The van der Waals surface area contributed by atoms with E-state index in [-0.39, 0.29) is 11.4 Å². The molecule has 0 aliphatic rings. The van der Waals surface area contributed by atoms with Crippen molar-refractivity contribution in [2.75, 3.05) is 12.3 Å². The van der Waals surface area contributed by atoms with E-state index in [2.05, 4.69) is 4.72 Å². The summed E-state index contributed by atoms with van der Waals surface area (Å²) >= 11 is 0. The summed E-state index contributed by atoms with van der Waals surface area (Å²) in [6.45, 7) is 4.70. The summed E-state index contributed by atoms with van der Waals surface area (Å²) in [6, 6.07) is 4.66. The molecule has 0 spiro atoms. The molecule has 0 aromatic heterocycles. The number of hydrogen-bond donors (Lipinski definition) is 3. The number of benzene rings is 1. The van der Waals surface area contributed by atoms with E-state index in [1.54, 1.807) is 32.9 Å². The van der Waals surface area contributed by atoms with Crippen LogP contribution in [0.3, 0.4) is 0 Å². The number of nitrogens with one attached hydrogen (secondary N) is 1. The Morgan fingerprint density at radius 2 is 1.95 bits per heavy atom. The highest BCUT2D eigenvalue weighted by Gasteiger charge is 2.28. The Morgan fingerprint density at radius 1 is 1.37 bits per heavy atom. The SMILES string of the molecule is Cc1c(N)cccc1S(=O)(=O)NCC(C)(C)C(N)=O. The molecule has 106 valence electrons. The molecule has 0 unspecified atom stereocenters. The van der Waals surface area contributed by atoms with Gasteiger partial charge in [-0.2, -0.15) is 0 Å². The third-order valence-electron chi connectivity index (χ3n) is 2.99. The van der Waals surface area contributed by atoms with Gasteiger partial charge in [-0.25, -0.2) is 13.1 Å². The Labute approximate surface area is 113 Å². The molecule has 0 aliphatic carbocycles. The third-order valence-corrected chi connectivity index (χ3v) is 4.53. The summed E-state index contributed by atoms with van der Waals surface area (Å²) < 4.78 is 26.7. The quantitative estimate of drug-likeness (QED) is 0.678. The average molecular weight is 285 g/mol. The average Bonchev–Trinajstić information content (AvgIpc) is 2.30. The second-order valence-corrected chi connectivity index (χ2v) is 6.78. The highest BCUT2D eigenvalue weighted by Crippen LogP contribution is 2.21. The lowest BCUT2D eigenvalue weighted by molar-refractivity contribution is -0.125. The van der Waals surface area contributed by atoms with Crippen LogP contribution in [0.25, 0.3) is 0 Å². The number of sulfonamides is 1. The van der Waals surface area contributed by atoms with Gasteiger partial charge < -0.3 is 11.5 Å². The molecule has 0 radical (unpaired) electrons. The Hall–Kier alpha value is -1.60. The van der Waals surface area contributed by atoms with Crippen molar-refractivity contribution < 1.29 is 13.2 Å². The molecule has 0 saturated heterocycles. The van der Waals surface area contributed by atoms with Crippen molar-refractivity contribution in [2.45, 2.75) is 25.7 Å². The van der Waals surface area contributed by atoms with Gasteiger partial charge in [-0.3, -0.25) is 4.79 Å². The fourth-order valence-electron chi connectivity index (χ4n) is 1.36. The molecule has 0 atom stereocenters. The maximum Gasteiger partial charge on any atom is 0.240 e. The molecule has 6 nitrogen and oxygen atoms in total. The Bertz CT molecular complexity index is 594. The molecular weight excluding hydrogens is 266 g/mol. The zero-order valence-electron chi connectivity index (χ0n) is 11.2. The molecule has 0 aliphatic heterocycles. The van der Waals surface area contributed by atoms with Gasteiger partial charge in [-0.15, -0.1) is 0 Å². The van der Waals surface area contributed by atoms with Gasteiger partial charge in [-0.05, 0) is 38.5 Å². The van der Waals surface area contributed by atoms with Gasteiger partial charge in [0.15, 0.2) is 0 Å². The van der Waals surface area contributed by atoms with Crippen LogP contribution in [0.1, 0.15) is 19.4 Å². The van der Waals surface area contributed by atoms with Crippen molar-refractivity contribution in [1.29, 1.82) is 0 Å². The summed E-state index contributed by atoms with van der Waals surface area (Å²) in [5.74, 6) is -0.570. The lowest BCUT2D eigenvalue weighted by atomic mass is 9.93.